The van der Waals surface area contributed by atoms with Crippen LogP contribution in [0.1, 0.15) is 17.0 Å². The summed E-state index contributed by atoms with van der Waals surface area (Å²) in [6.45, 7) is 0.311. The molecule has 0 saturated heterocycles. The lowest BCUT2D eigenvalue weighted by Crippen LogP contribution is -2.17. The number of halogens is 3. The molecule has 0 aliphatic carbocycles. The zero-order valence-corrected chi connectivity index (χ0v) is 11.8. The molecule has 0 fully saturated rings. The van der Waals surface area contributed by atoms with Crippen molar-refractivity contribution in [1.29, 1.82) is 0 Å². The molecule has 0 aliphatic rings. The fraction of sp³-hybridized carbons (Fsp3) is 0.200. The molecular weight excluding hydrogens is 284 g/mol. The van der Waals surface area contributed by atoms with Crippen molar-refractivity contribution in [2.75, 3.05) is 6.54 Å². The van der Waals surface area contributed by atoms with Gasteiger partial charge >= 0.3 is 0 Å². The predicted octanol–water partition coefficient (Wildman–Crippen LogP) is 4.42. The Morgan fingerprint density at radius 3 is 2.32 bits per heavy atom. The van der Waals surface area contributed by atoms with Gasteiger partial charge in [-0.2, -0.15) is 0 Å². The van der Waals surface area contributed by atoms with Crippen molar-refractivity contribution >= 4 is 23.2 Å². The molecule has 0 heterocycles. The molecule has 1 unspecified atom stereocenters. The summed E-state index contributed by atoms with van der Waals surface area (Å²) in [5, 5.41) is 1.07. The first-order chi connectivity index (χ1) is 9.13. The van der Waals surface area contributed by atoms with E-state index in [4.69, 9.17) is 28.9 Å². The molecule has 2 aromatic rings. The number of hydrogen-bond acceptors (Lipinski definition) is 1. The molecule has 2 N–H and O–H groups in total. The van der Waals surface area contributed by atoms with Gasteiger partial charge in [0.2, 0.25) is 0 Å². The van der Waals surface area contributed by atoms with Crippen molar-refractivity contribution in [3.05, 3.63) is 69.5 Å². The summed E-state index contributed by atoms with van der Waals surface area (Å²) in [4.78, 5) is 0. The SMILES string of the molecule is NCC(Cc1ccccc1Cl)c1c(F)cccc1Cl. The summed E-state index contributed by atoms with van der Waals surface area (Å²) in [5.41, 5.74) is 7.18. The number of benzene rings is 2. The molecule has 19 heavy (non-hydrogen) atoms. The lowest BCUT2D eigenvalue weighted by molar-refractivity contribution is 0.576. The molecule has 0 radical (unpaired) electrons. The maximum Gasteiger partial charge on any atom is 0.128 e. The van der Waals surface area contributed by atoms with Gasteiger partial charge in [0.25, 0.3) is 0 Å². The minimum absolute atomic E-state index is 0.186. The second-order valence-electron chi connectivity index (χ2n) is 4.36. The number of rotatable bonds is 4. The van der Waals surface area contributed by atoms with Crippen molar-refractivity contribution in [2.45, 2.75) is 12.3 Å². The first-order valence-corrected chi connectivity index (χ1v) is 6.76. The average molecular weight is 298 g/mol. The van der Waals surface area contributed by atoms with Gasteiger partial charge in [0.1, 0.15) is 5.82 Å². The minimum Gasteiger partial charge on any atom is -0.330 e. The molecule has 2 rings (SSSR count). The van der Waals surface area contributed by atoms with Gasteiger partial charge in [-0.3, -0.25) is 0 Å². The average Bonchev–Trinajstić information content (AvgIpc) is 2.39. The molecule has 100 valence electrons. The third-order valence-corrected chi connectivity index (χ3v) is 3.81. The third kappa shape index (κ3) is 3.27. The van der Waals surface area contributed by atoms with E-state index in [1.54, 1.807) is 12.1 Å². The molecule has 1 nitrogen and oxygen atoms in total. The summed E-state index contributed by atoms with van der Waals surface area (Å²) in [6, 6.07) is 12.2. The molecule has 0 aromatic heterocycles. The van der Waals surface area contributed by atoms with E-state index in [2.05, 4.69) is 0 Å². The molecule has 0 saturated carbocycles. The maximum atomic E-state index is 13.9. The van der Waals surface area contributed by atoms with Crippen LogP contribution in [0.4, 0.5) is 4.39 Å². The van der Waals surface area contributed by atoms with E-state index in [1.807, 2.05) is 24.3 Å². The highest BCUT2D eigenvalue weighted by Crippen LogP contribution is 2.31. The highest BCUT2D eigenvalue weighted by molar-refractivity contribution is 6.31. The Kier molecular flexibility index (Phi) is 4.81. The van der Waals surface area contributed by atoms with Crippen LogP contribution in [0.15, 0.2) is 42.5 Å². The van der Waals surface area contributed by atoms with Gasteiger partial charge in [-0.1, -0.05) is 47.5 Å². The van der Waals surface area contributed by atoms with E-state index in [-0.39, 0.29) is 11.7 Å². The van der Waals surface area contributed by atoms with Gasteiger partial charge in [0.05, 0.1) is 0 Å². The van der Waals surface area contributed by atoms with Crippen molar-refractivity contribution in [3.63, 3.8) is 0 Å². The fourth-order valence-corrected chi connectivity index (χ4v) is 2.66. The summed E-state index contributed by atoms with van der Waals surface area (Å²) < 4.78 is 13.9. The number of hydrogen-bond donors (Lipinski definition) is 1. The Labute approximate surface area is 122 Å². The Morgan fingerprint density at radius 2 is 1.68 bits per heavy atom. The second-order valence-corrected chi connectivity index (χ2v) is 5.18. The van der Waals surface area contributed by atoms with E-state index in [0.29, 0.717) is 28.6 Å². The molecule has 1 atom stereocenters. The van der Waals surface area contributed by atoms with E-state index in [9.17, 15) is 4.39 Å². The van der Waals surface area contributed by atoms with E-state index >= 15 is 0 Å². The normalized spacial score (nSPS) is 12.4. The Balaban J connectivity index is 2.34. The highest BCUT2D eigenvalue weighted by atomic mass is 35.5. The standard InChI is InChI=1S/C15H14Cl2FN/c16-12-5-2-1-4-10(12)8-11(9-19)15-13(17)6-3-7-14(15)18/h1-7,11H,8-9,19H2. The van der Waals surface area contributed by atoms with Crippen LogP contribution in [0.2, 0.25) is 10.0 Å². The van der Waals surface area contributed by atoms with E-state index < -0.39 is 0 Å². The van der Waals surface area contributed by atoms with Gasteiger partial charge in [0, 0.05) is 21.5 Å². The van der Waals surface area contributed by atoms with Crippen molar-refractivity contribution in [1.82, 2.24) is 0 Å². The van der Waals surface area contributed by atoms with Crippen molar-refractivity contribution in [2.24, 2.45) is 5.73 Å². The van der Waals surface area contributed by atoms with Gasteiger partial charge in [-0.15, -0.1) is 0 Å². The van der Waals surface area contributed by atoms with Gasteiger partial charge in [-0.05, 0) is 36.7 Å². The van der Waals surface area contributed by atoms with Crippen LogP contribution in [0.3, 0.4) is 0 Å². The van der Waals surface area contributed by atoms with E-state index in [1.165, 1.54) is 6.07 Å². The van der Waals surface area contributed by atoms with Crippen LogP contribution in [0.25, 0.3) is 0 Å². The topological polar surface area (TPSA) is 26.0 Å². The molecule has 4 heteroatoms. The van der Waals surface area contributed by atoms with Crippen LogP contribution >= 0.6 is 23.2 Å². The molecule has 0 aliphatic heterocycles. The fourth-order valence-electron chi connectivity index (χ4n) is 2.13. The van der Waals surface area contributed by atoms with Crippen LogP contribution in [0.5, 0.6) is 0 Å². The summed E-state index contributed by atoms with van der Waals surface area (Å²) in [7, 11) is 0. The molecule has 2 aromatic carbocycles. The smallest absolute Gasteiger partial charge is 0.128 e. The maximum absolute atomic E-state index is 13.9. The van der Waals surface area contributed by atoms with Crippen LogP contribution in [-0.4, -0.2) is 6.54 Å². The van der Waals surface area contributed by atoms with Gasteiger partial charge in [-0.25, -0.2) is 4.39 Å². The van der Waals surface area contributed by atoms with E-state index in [0.717, 1.165) is 5.56 Å². The Hall–Kier alpha value is -1.09. The third-order valence-electron chi connectivity index (χ3n) is 3.12. The van der Waals surface area contributed by atoms with Gasteiger partial charge < -0.3 is 5.73 Å². The first kappa shape index (κ1) is 14.3. The zero-order chi connectivity index (χ0) is 13.8. The van der Waals surface area contributed by atoms with Crippen molar-refractivity contribution < 1.29 is 4.39 Å². The van der Waals surface area contributed by atoms with Crippen LogP contribution < -0.4 is 5.73 Å². The van der Waals surface area contributed by atoms with Crippen LogP contribution in [0, 0.1) is 5.82 Å². The molecular formula is C15H14Cl2FN. The largest absolute Gasteiger partial charge is 0.330 e. The molecule has 0 spiro atoms. The lowest BCUT2D eigenvalue weighted by Gasteiger charge is -2.18. The second kappa shape index (κ2) is 6.38. The molecule has 0 amide bonds. The monoisotopic (exact) mass is 297 g/mol. The number of nitrogens with two attached hydrogens (primary N) is 1. The predicted molar refractivity (Wildman–Crippen MR) is 78.4 cm³/mol. The van der Waals surface area contributed by atoms with Gasteiger partial charge in [0.15, 0.2) is 0 Å². The molecule has 0 bridgehead atoms. The Morgan fingerprint density at radius 1 is 1.00 bits per heavy atom. The zero-order valence-electron chi connectivity index (χ0n) is 10.2. The lowest BCUT2D eigenvalue weighted by atomic mass is 9.91. The minimum atomic E-state index is -0.324. The summed E-state index contributed by atoms with van der Waals surface area (Å²) >= 11 is 12.2. The Bertz CT molecular complexity index is 552. The first-order valence-electron chi connectivity index (χ1n) is 6.01. The quantitative estimate of drug-likeness (QED) is 0.888. The highest BCUT2D eigenvalue weighted by Gasteiger charge is 2.19. The van der Waals surface area contributed by atoms with Crippen molar-refractivity contribution in [3.8, 4) is 0 Å². The summed E-state index contributed by atoms with van der Waals surface area (Å²) in [6.07, 6.45) is 0.566. The summed E-state index contributed by atoms with van der Waals surface area (Å²) in [5.74, 6) is -0.511. The van der Waals surface area contributed by atoms with Crippen LogP contribution in [-0.2, 0) is 6.42 Å².